The van der Waals surface area contributed by atoms with Crippen molar-refractivity contribution in [3.8, 4) is 0 Å². The zero-order chi connectivity index (χ0) is 14.6. The van der Waals surface area contributed by atoms with E-state index >= 15 is 0 Å². The molecule has 0 fully saturated rings. The first-order chi connectivity index (χ1) is 9.61. The maximum absolute atomic E-state index is 12.8. The van der Waals surface area contributed by atoms with Crippen molar-refractivity contribution in [3.63, 3.8) is 0 Å². The molecule has 0 aliphatic rings. The van der Waals surface area contributed by atoms with Gasteiger partial charge in [0, 0.05) is 23.8 Å². The van der Waals surface area contributed by atoms with Gasteiger partial charge in [-0.1, -0.05) is 59.3 Å². The van der Waals surface area contributed by atoms with Crippen LogP contribution in [0.15, 0.2) is 47.4 Å². The minimum atomic E-state index is -3.44. The second-order valence-electron chi connectivity index (χ2n) is 4.52. The maximum atomic E-state index is 12.8. The molecule has 2 aromatic carbocycles. The third kappa shape index (κ3) is 3.05. The Kier molecular flexibility index (Phi) is 5.18. The van der Waals surface area contributed by atoms with Crippen LogP contribution in [0.25, 0.3) is 10.8 Å². The molecular weight excluding hydrogens is 338 g/mol. The molecule has 0 saturated heterocycles. The molecule has 0 radical (unpaired) electrons. The normalized spacial score (nSPS) is 12.2. The summed E-state index contributed by atoms with van der Waals surface area (Å²) in [4.78, 5) is 0.395. The molecule has 20 heavy (non-hydrogen) atoms. The van der Waals surface area contributed by atoms with Crippen LogP contribution < -0.4 is 0 Å². The van der Waals surface area contributed by atoms with Crippen LogP contribution in [0.4, 0.5) is 0 Å². The molecule has 2 aromatic rings. The number of rotatable bonds is 6. The largest absolute Gasteiger partial charge is 0.243 e. The molecule has 0 N–H and O–H groups in total. The van der Waals surface area contributed by atoms with Crippen LogP contribution in [-0.4, -0.2) is 31.1 Å². The van der Waals surface area contributed by atoms with Crippen molar-refractivity contribution in [2.45, 2.75) is 18.2 Å². The Morgan fingerprint density at radius 1 is 1.10 bits per heavy atom. The molecule has 0 amide bonds. The number of sulfonamides is 1. The van der Waals surface area contributed by atoms with E-state index < -0.39 is 10.0 Å². The molecule has 0 atom stereocenters. The van der Waals surface area contributed by atoms with Crippen LogP contribution >= 0.6 is 15.9 Å². The van der Waals surface area contributed by atoms with E-state index in [1.54, 1.807) is 12.1 Å². The van der Waals surface area contributed by atoms with E-state index in [9.17, 15) is 8.42 Å². The van der Waals surface area contributed by atoms with Crippen molar-refractivity contribution < 1.29 is 8.42 Å². The first kappa shape index (κ1) is 15.5. The van der Waals surface area contributed by atoms with Crippen LogP contribution in [0.3, 0.4) is 0 Å². The maximum Gasteiger partial charge on any atom is 0.243 e. The van der Waals surface area contributed by atoms with Crippen molar-refractivity contribution in [2.75, 3.05) is 18.4 Å². The molecule has 0 heterocycles. The second kappa shape index (κ2) is 6.70. The van der Waals surface area contributed by atoms with E-state index in [0.717, 1.165) is 22.5 Å². The van der Waals surface area contributed by atoms with Gasteiger partial charge in [0.25, 0.3) is 0 Å². The smallest absolute Gasteiger partial charge is 0.207 e. The van der Waals surface area contributed by atoms with Crippen molar-refractivity contribution in [1.29, 1.82) is 0 Å². The highest BCUT2D eigenvalue weighted by molar-refractivity contribution is 9.09. The number of hydrogen-bond donors (Lipinski definition) is 0. The Bertz CT molecular complexity index is 680. The summed E-state index contributed by atoms with van der Waals surface area (Å²) in [5.41, 5.74) is 0. The van der Waals surface area contributed by atoms with Gasteiger partial charge in [-0.25, -0.2) is 8.42 Å². The van der Waals surface area contributed by atoms with E-state index in [4.69, 9.17) is 0 Å². The van der Waals surface area contributed by atoms with Gasteiger partial charge in [-0.05, 0) is 17.9 Å². The molecule has 0 bridgehead atoms. The lowest BCUT2D eigenvalue weighted by atomic mass is 10.1. The molecule has 0 aromatic heterocycles. The summed E-state index contributed by atoms with van der Waals surface area (Å²) in [6.45, 7) is 2.89. The topological polar surface area (TPSA) is 37.4 Å². The van der Waals surface area contributed by atoms with E-state index in [-0.39, 0.29) is 0 Å². The quantitative estimate of drug-likeness (QED) is 0.741. The van der Waals surface area contributed by atoms with Gasteiger partial charge in [0.15, 0.2) is 0 Å². The van der Waals surface area contributed by atoms with Gasteiger partial charge in [0.05, 0.1) is 4.90 Å². The first-order valence-electron chi connectivity index (χ1n) is 6.65. The second-order valence-corrected chi connectivity index (χ2v) is 7.22. The first-order valence-corrected chi connectivity index (χ1v) is 9.21. The van der Waals surface area contributed by atoms with E-state index in [1.807, 2.05) is 37.3 Å². The fourth-order valence-electron chi connectivity index (χ4n) is 2.24. The minimum Gasteiger partial charge on any atom is -0.207 e. The van der Waals surface area contributed by atoms with E-state index in [0.29, 0.717) is 18.0 Å². The summed E-state index contributed by atoms with van der Waals surface area (Å²) in [6.07, 6.45) is 0.803. The number of benzene rings is 2. The zero-order valence-electron chi connectivity index (χ0n) is 11.4. The van der Waals surface area contributed by atoms with Crippen LogP contribution in [0.5, 0.6) is 0 Å². The van der Waals surface area contributed by atoms with Crippen LogP contribution in [-0.2, 0) is 10.0 Å². The van der Waals surface area contributed by atoms with Gasteiger partial charge in [-0.3, -0.25) is 0 Å². The molecular formula is C15H18BrNO2S. The van der Waals surface area contributed by atoms with Gasteiger partial charge < -0.3 is 0 Å². The number of nitrogens with zero attached hydrogens (tertiary/aromatic N) is 1. The standard InChI is InChI=1S/C15H18BrNO2S/c1-2-17(12-6-11-16)20(18,19)15-10-5-8-13-7-3-4-9-14(13)15/h3-5,7-10H,2,6,11-12H2,1H3. The molecule has 0 aliphatic heterocycles. The summed E-state index contributed by atoms with van der Waals surface area (Å²) in [6, 6.07) is 13.0. The fraction of sp³-hybridized carbons (Fsp3) is 0.333. The van der Waals surface area contributed by atoms with Gasteiger partial charge in [-0.2, -0.15) is 4.31 Å². The van der Waals surface area contributed by atoms with Crippen molar-refractivity contribution >= 4 is 36.7 Å². The molecule has 0 aliphatic carbocycles. The molecule has 0 unspecified atom stereocenters. The molecule has 108 valence electrons. The lowest BCUT2D eigenvalue weighted by molar-refractivity contribution is 0.429. The highest BCUT2D eigenvalue weighted by atomic mass is 79.9. The summed E-state index contributed by atoms with van der Waals surface area (Å²) >= 11 is 3.35. The third-order valence-corrected chi connectivity index (χ3v) is 5.85. The van der Waals surface area contributed by atoms with E-state index in [2.05, 4.69) is 15.9 Å². The molecule has 3 nitrogen and oxygen atoms in total. The summed E-state index contributed by atoms with van der Waals surface area (Å²) in [5, 5.41) is 2.53. The zero-order valence-corrected chi connectivity index (χ0v) is 13.8. The average Bonchev–Trinajstić information content (AvgIpc) is 2.47. The van der Waals surface area contributed by atoms with Crippen molar-refractivity contribution in [1.82, 2.24) is 4.31 Å². The molecule has 5 heteroatoms. The predicted octanol–water partition coefficient (Wildman–Crippen LogP) is 3.64. The fourth-order valence-corrected chi connectivity index (χ4v) is 4.20. The number of halogens is 1. The highest BCUT2D eigenvalue weighted by Gasteiger charge is 2.24. The summed E-state index contributed by atoms with van der Waals surface area (Å²) in [7, 11) is -3.44. The lowest BCUT2D eigenvalue weighted by Crippen LogP contribution is -2.32. The Labute approximate surface area is 128 Å². The predicted molar refractivity (Wildman–Crippen MR) is 86.8 cm³/mol. The van der Waals surface area contributed by atoms with Gasteiger partial charge in [0.2, 0.25) is 10.0 Å². The van der Waals surface area contributed by atoms with Crippen LogP contribution in [0.2, 0.25) is 0 Å². The van der Waals surface area contributed by atoms with Crippen LogP contribution in [0, 0.1) is 0 Å². The highest BCUT2D eigenvalue weighted by Crippen LogP contribution is 2.25. The number of fused-ring (bicyclic) bond motifs is 1. The van der Waals surface area contributed by atoms with Gasteiger partial charge in [0.1, 0.15) is 0 Å². The monoisotopic (exact) mass is 355 g/mol. The van der Waals surface area contributed by atoms with Crippen molar-refractivity contribution in [2.24, 2.45) is 0 Å². The van der Waals surface area contributed by atoms with E-state index in [1.165, 1.54) is 4.31 Å². The van der Waals surface area contributed by atoms with Crippen molar-refractivity contribution in [3.05, 3.63) is 42.5 Å². The Hall–Kier alpha value is -0.910. The number of alkyl halides is 1. The molecule has 0 saturated carbocycles. The number of hydrogen-bond acceptors (Lipinski definition) is 2. The van der Waals surface area contributed by atoms with Gasteiger partial charge in [-0.15, -0.1) is 0 Å². The van der Waals surface area contributed by atoms with Crippen LogP contribution in [0.1, 0.15) is 13.3 Å². The Morgan fingerprint density at radius 2 is 1.80 bits per heavy atom. The Morgan fingerprint density at radius 3 is 2.50 bits per heavy atom. The SMILES string of the molecule is CCN(CCCBr)S(=O)(=O)c1cccc2ccccc12. The Balaban J connectivity index is 2.51. The van der Waals surface area contributed by atoms with Gasteiger partial charge >= 0.3 is 0 Å². The molecule has 2 rings (SSSR count). The summed E-state index contributed by atoms with van der Waals surface area (Å²) < 4.78 is 27.1. The summed E-state index contributed by atoms with van der Waals surface area (Å²) in [5.74, 6) is 0. The third-order valence-electron chi connectivity index (χ3n) is 3.26. The lowest BCUT2D eigenvalue weighted by Gasteiger charge is -2.21. The average molecular weight is 356 g/mol. The molecule has 0 spiro atoms. The minimum absolute atomic E-state index is 0.395.